The summed E-state index contributed by atoms with van der Waals surface area (Å²) in [5.74, 6) is 0. The van der Waals surface area contributed by atoms with Gasteiger partial charge < -0.3 is 0 Å². The molecule has 0 N–H and O–H groups in total. The number of pyridine rings is 1. The van der Waals surface area contributed by atoms with Crippen molar-refractivity contribution in [1.82, 2.24) is 20.0 Å². The molecule has 0 aliphatic rings. The minimum Gasteiger partial charge on any atom is -0.253 e. The highest BCUT2D eigenvalue weighted by Crippen LogP contribution is 2.25. The molecule has 2 heterocycles. The number of rotatable bonds is 1. The summed E-state index contributed by atoms with van der Waals surface area (Å²) in [4.78, 5) is 4.60. The summed E-state index contributed by atoms with van der Waals surface area (Å²) in [6.45, 7) is 6.21. The lowest BCUT2D eigenvalue weighted by molar-refractivity contribution is 0.826. The van der Waals surface area contributed by atoms with Crippen LogP contribution in [0.5, 0.6) is 0 Å². The van der Waals surface area contributed by atoms with Crippen LogP contribution in [0.1, 0.15) is 16.8 Å². The number of aryl methyl sites for hydroxylation is 3. The average molecular weight is 325 g/mol. The highest BCUT2D eigenvalue weighted by atomic mass is 35.5. The van der Waals surface area contributed by atoms with Gasteiger partial charge in [0.15, 0.2) is 0 Å². The fourth-order valence-corrected chi connectivity index (χ4v) is 2.82. The maximum absolute atomic E-state index is 4.60. The normalized spacial score (nSPS) is 10.9. The molecule has 0 radical (unpaired) electrons. The number of para-hydroxylation sites is 1. The Morgan fingerprint density at radius 2 is 1.61 bits per heavy atom. The van der Waals surface area contributed by atoms with E-state index >= 15 is 0 Å². The van der Waals surface area contributed by atoms with Crippen LogP contribution in [0.25, 0.3) is 27.6 Å². The molecular weight excluding hydrogens is 308 g/mol. The van der Waals surface area contributed by atoms with Gasteiger partial charge in [0.1, 0.15) is 5.52 Å². The Labute approximate surface area is 140 Å². The molecule has 5 heteroatoms. The Morgan fingerprint density at radius 1 is 0.870 bits per heavy atom. The third-order valence-electron chi connectivity index (χ3n) is 4.11. The molecule has 0 saturated carbocycles. The van der Waals surface area contributed by atoms with Gasteiger partial charge in [-0.2, -0.15) is 0 Å². The summed E-state index contributed by atoms with van der Waals surface area (Å²) in [5.41, 5.74) is 7.39. The van der Waals surface area contributed by atoms with Gasteiger partial charge in [0.25, 0.3) is 0 Å². The summed E-state index contributed by atoms with van der Waals surface area (Å²) < 4.78 is 1.92. The molecule has 2 aromatic heterocycles. The molecule has 0 unspecified atom stereocenters. The Hall–Kier alpha value is -2.46. The standard InChI is InChI=1S/C18H16N4.ClH/c1-11-8-16-18(9-12(11)2)22(21-20-16)17-10-13(3)19-15-7-5-4-6-14(15)17;/h4-10H,1-3H3;1H. The second-order valence-corrected chi connectivity index (χ2v) is 5.73. The number of fused-ring (bicyclic) bond motifs is 2. The van der Waals surface area contributed by atoms with E-state index in [1.54, 1.807) is 0 Å². The zero-order chi connectivity index (χ0) is 15.3. The summed E-state index contributed by atoms with van der Waals surface area (Å²) in [7, 11) is 0. The van der Waals surface area contributed by atoms with Crippen molar-refractivity contribution in [2.45, 2.75) is 20.8 Å². The molecule has 4 nitrogen and oxygen atoms in total. The van der Waals surface area contributed by atoms with Crippen LogP contribution in [0.2, 0.25) is 0 Å². The molecule has 0 saturated heterocycles. The molecule has 0 bridgehead atoms. The fraction of sp³-hybridized carbons (Fsp3) is 0.167. The molecular formula is C18H17ClN4. The van der Waals surface area contributed by atoms with Crippen LogP contribution in [0.3, 0.4) is 0 Å². The smallest absolute Gasteiger partial charge is 0.113 e. The van der Waals surface area contributed by atoms with Gasteiger partial charge in [-0.1, -0.05) is 23.4 Å². The molecule has 4 rings (SSSR count). The van der Waals surface area contributed by atoms with Crippen molar-refractivity contribution >= 4 is 34.3 Å². The molecule has 0 atom stereocenters. The monoisotopic (exact) mass is 324 g/mol. The van der Waals surface area contributed by atoms with E-state index in [-0.39, 0.29) is 12.4 Å². The number of benzene rings is 2. The van der Waals surface area contributed by atoms with Gasteiger partial charge in [-0.05, 0) is 56.2 Å². The first-order valence-electron chi connectivity index (χ1n) is 7.33. The number of nitrogens with zero attached hydrogens (tertiary/aromatic N) is 4. The van der Waals surface area contributed by atoms with Crippen LogP contribution in [0.15, 0.2) is 42.5 Å². The van der Waals surface area contributed by atoms with Crippen LogP contribution in [-0.2, 0) is 0 Å². The maximum atomic E-state index is 4.60. The zero-order valence-corrected chi connectivity index (χ0v) is 14.1. The molecule has 23 heavy (non-hydrogen) atoms. The quantitative estimate of drug-likeness (QED) is 0.524. The van der Waals surface area contributed by atoms with Gasteiger partial charge in [0.2, 0.25) is 0 Å². The summed E-state index contributed by atoms with van der Waals surface area (Å²) in [6.07, 6.45) is 0. The van der Waals surface area contributed by atoms with Crippen molar-refractivity contribution in [1.29, 1.82) is 0 Å². The lowest BCUT2D eigenvalue weighted by Crippen LogP contribution is -2.00. The molecule has 116 valence electrons. The first-order valence-corrected chi connectivity index (χ1v) is 7.33. The molecule has 2 aromatic carbocycles. The first-order chi connectivity index (χ1) is 10.6. The first kappa shape index (κ1) is 15.4. The minimum absolute atomic E-state index is 0. The second kappa shape index (κ2) is 5.63. The largest absolute Gasteiger partial charge is 0.253 e. The van der Waals surface area contributed by atoms with Crippen molar-refractivity contribution in [2.24, 2.45) is 0 Å². The molecule has 0 aliphatic carbocycles. The lowest BCUT2D eigenvalue weighted by Gasteiger charge is -2.09. The second-order valence-electron chi connectivity index (χ2n) is 5.73. The van der Waals surface area contributed by atoms with E-state index in [1.165, 1.54) is 11.1 Å². The minimum atomic E-state index is 0. The topological polar surface area (TPSA) is 43.6 Å². The molecule has 4 aromatic rings. The van der Waals surface area contributed by atoms with Gasteiger partial charge in [-0.15, -0.1) is 17.5 Å². The number of aromatic nitrogens is 4. The van der Waals surface area contributed by atoms with E-state index in [2.05, 4.69) is 53.4 Å². The Morgan fingerprint density at radius 3 is 2.43 bits per heavy atom. The van der Waals surface area contributed by atoms with Crippen molar-refractivity contribution in [3.8, 4) is 5.69 Å². The molecule has 0 spiro atoms. The van der Waals surface area contributed by atoms with Crippen molar-refractivity contribution < 1.29 is 0 Å². The third kappa shape index (κ3) is 2.45. The Kier molecular flexibility index (Phi) is 3.78. The van der Waals surface area contributed by atoms with Crippen molar-refractivity contribution in [3.63, 3.8) is 0 Å². The Balaban J connectivity index is 0.00000156. The zero-order valence-electron chi connectivity index (χ0n) is 13.2. The molecule has 0 aliphatic heterocycles. The number of hydrogen-bond acceptors (Lipinski definition) is 3. The van der Waals surface area contributed by atoms with Crippen LogP contribution < -0.4 is 0 Å². The van der Waals surface area contributed by atoms with E-state index in [0.29, 0.717) is 0 Å². The van der Waals surface area contributed by atoms with E-state index in [9.17, 15) is 0 Å². The van der Waals surface area contributed by atoms with Gasteiger partial charge in [0.05, 0.1) is 16.7 Å². The summed E-state index contributed by atoms with van der Waals surface area (Å²) in [5, 5.41) is 9.79. The van der Waals surface area contributed by atoms with Crippen LogP contribution >= 0.6 is 12.4 Å². The summed E-state index contributed by atoms with van der Waals surface area (Å²) >= 11 is 0. The SMILES string of the molecule is Cc1cc(-n2nnc3cc(C)c(C)cc32)c2ccccc2n1.Cl. The average Bonchev–Trinajstić information content (AvgIpc) is 2.89. The van der Waals surface area contributed by atoms with Gasteiger partial charge >= 0.3 is 0 Å². The molecule has 0 amide bonds. The lowest BCUT2D eigenvalue weighted by atomic mass is 10.1. The fourth-order valence-electron chi connectivity index (χ4n) is 2.82. The highest BCUT2D eigenvalue weighted by Gasteiger charge is 2.12. The number of halogens is 1. The predicted molar refractivity (Wildman–Crippen MR) is 95.6 cm³/mol. The Bertz CT molecular complexity index is 1020. The highest BCUT2D eigenvalue weighted by molar-refractivity contribution is 5.89. The third-order valence-corrected chi connectivity index (χ3v) is 4.11. The van der Waals surface area contributed by atoms with Crippen molar-refractivity contribution in [3.05, 3.63) is 59.3 Å². The van der Waals surface area contributed by atoms with Crippen molar-refractivity contribution in [2.75, 3.05) is 0 Å². The van der Waals surface area contributed by atoms with E-state index in [0.717, 1.165) is 33.3 Å². The van der Waals surface area contributed by atoms with Gasteiger partial charge in [-0.25, -0.2) is 4.68 Å². The van der Waals surface area contributed by atoms with Crippen LogP contribution in [0.4, 0.5) is 0 Å². The van der Waals surface area contributed by atoms with E-state index in [1.807, 2.05) is 29.8 Å². The van der Waals surface area contributed by atoms with Crippen LogP contribution in [0, 0.1) is 20.8 Å². The number of hydrogen-bond donors (Lipinski definition) is 0. The summed E-state index contributed by atoms with van der Waals surface area (Å²) in [6, 6.07) is 14.4. The molecule has 0 fully saturated rings. The van der Waals surface area contributed by atoms with Crippen LogP contribution in [-0.4, -0.2) is 20.0 Å². The van der Waals surface area contributed by atoms with Gasteiger partial charge in [0, 0.05) is 11.1 Å². The van der Waals surface area contributed by atoms with Gasteiger partial charge in [-0.3, -0.25) is 4.98 Å². The predicted octanol–water partition coefficient (Wildman–Crippen LogP) is 4.32. The maximum Gasteiger partial charge on any atom is 0.113 e. The van der Waals surface area contributed by atoms with E-state index in [4.69, 9.17) is 0 Å². The van der Waals surface area contributed by atoms with E-state index < -0.39 is 0 Å².